The molecule has 1 amide bonds. The van der Waals surface area contributed by atoms with Crippen LogP contribution in [0, 0.1) is 0 Å². The van der Waals surface area contributed by atoms with E-state index < -0.39 is 0 Å². The van der Waals surface area contributed by atoms with Gasteiger partial charge in [-0.3, -0.25) is 14.9 Å². The topological polar surface area (TPSA) is 96.7 Å². The van der Waals surface area contributed by atoms with E-state index in [0.29, 0.717) is 29.6 Å². The van der Waals surface area contributed by atoms with Crippen molar-refractivity contribution >= 4 is 5.91 Å². The van der Waals surface area contributed by atoms with Crippen molar-refractivity contribution in [3.05, 3.63) is 54.4 Å². The molecule has 0 radical (unpaired) electrons. The van der Waals surface area contributed by atoms with Crippen LogP contribution in [0.4, 0.5) is 0 Å². The molecule has 21 heavy (non-hydrogen) atoms. The van der Waals surface area contributed by atoms with Gasteiger partial charge in [0.15, 0.2) is 5.82 Å². The van der Waals surface area contributed by atoms with Crippen LogP contribution in [0.15, 0.2) is 47.2 Å². The van der Waals surface area contributed by atoms with Crippen LogP contribution < -0.4 is 5.32 Å². The van der Waals surface area contributed by atoms with Crippen LogP contribution in [0.2, 0.25) is 0 Å². The fourth-order valence-electron chi connectivity index (χ4n) is 1.80. The molecule has 0 saturated heterocycles. The Morgan fingerprint density at radius 3 is 3.00 bits per heavy atom. The van der Waals surface area contributed by atoms with Gasteiger partial charge in [-0.05, 0) is 24.3 Å². The molecule has 106 valence electrons. The van der Waals surface area contributed by atoms with E-state index in [4.69, 9.17) is 4.42 Å². The Hall–Kier alpha value is -2.96. The molecule has 0 atom stereocenters. The SMILES string of the molecule is O=C(Cc1nc(-c2ccccn2)n[nH]1)NCc1ccco1. The van der Waals surface area contributed by atoms with Crippen molar-refractivity contribution in [2.75, 3.05) is 0 Å². The summed E-state index contributed by atoms with van der Waals surface area (Å²) < 4.78 is 5.14. The first kappa shape index (κ1) is 13.0. The zero-order valence-electron chi connectivity index (χ0n) is 11.1. The summed E-state index contributed by atoms with van der Waals surface area (Å²) in [5, 5.41) is 9.54. The molecule has 0 aliphatic carbocycles. The van der Waals surface area contributed by atoms with Crippen molar-refractivity contribution in [1.82, 2.24) is 25.5 Å². The third-order valence-corrected chi connectivity index (χ3v) is 2.79. The van der Waals surface area contributed by atoms with Crippen LogP contribution >= 0.6 is 0 Å². The van der Waals surface area contributed by atoms with E-state index in [1.807, 2.05) is 18.2 Å². The number of H-pyrrole nitrogens is 1. The Morgan fingerprint density at radius 1 is 1.29 bits per heavy atom. The molecule has 0 aromatic carbocycles. The normalized spacial score (nSPS) is 10.5. The summed E-state index contributed by atoms with van der Waals surface area (Å²) in [6.45, 7) is 0.354. The highest BCUT2D eigenvalue weighted by atomic mass is 16.3. The van der Waals surface area contributed by atoms with Crippen molar-refractivity contribution in [2.24, 2.45) is 0 Å². The summed E-state index contributed by atoms with van der Waals surface area (Å²) in [6, 6.07) is 9.06. The predicted octanol–water partition coefficient (Wildman–Crippen LogP) is 1.32. The lowest BCUT2D eigenvalue weighted by atomic mass is 10.3. The summed E-state index contributed by atoms with van der Waals surface area (Å²) in [6.07, 6.45) is 3.36. The number of carbonyl (C=O) groups is 1. The summed E-state index contributed by atoms with van der Waals surface area (Å²) in [5.74, 6) is 1.52. The molecule has 3 rings (SSSR count). The van der Waals surface area contributed by atoms with Crippen molar-refractivity contribution in [2.45, 2.75) is 13.0 Å². The van der Waals surface area contributed by atoms with E-state index in [-0.39, 0.29) is 12.3 Å². The largest absolute Gasteiger partial charge is 0.467 e. The number of amides is 1. The summed E-state index contributed by atoms with van der Waals surface area (Å²) >= 11 is 0. The van der Waals surface area contributed by atoms with Crippen LogP contribution in [0.1, 0.15) is 11.6 Å². The second-order valence-electron chi connectivity index (χ2n) is 4.35. The van der Waals surface area contributed by atoms with Crippen LogP contribution in [0.25, 0.3) is 11.5 Å². The molecule has 3 heterocycles. The predicted molar refractivity (Wildman–Crippen MR) is 73.9 cm³/mol. The Morgan fingerprint density at radius 2 is 2.24 bits per heavy atom. The average Bonchev–Trinajstić information content (AvgIpc) is 3.17. The van der Waals surface area contributed by atoms with E-state index in [1.165, 1.54) is 0 Å². The van der Waals surface area contributed by atoms with Gasteiger partial charge in [0.05, 0.1) is 19.2 Å². The number of pyridine rings is 1. The smallest absolute Gasteiger partial charge is 0.228 e. The first-order valence-corrected chi connectivity index (χ1v) is 6.43. The minimum Gasteiger partial charge on any atom is -0.467 e. The van der Waals surface area contributed by atoms with Crippen LogP contribution in [0.5, 0.6) is 0 Å². The van der Waals surface area contributed by atoms with Gasteiger partial charge in [0.25, 0.3) is 0 Å². The highest BCUT2D eigenvalue weighted by molar-refractivity contribution is 5.77. The van der Waals surface area contributed by atoms with Gasteiger partial charge in [-0.1, -0.05) is 6.07 Å². The van der Waals surface area contributed by atoms with E-state index >= 15 is 0 Å². The van der Waals surface area contributed by atoms with Crippen LogP contribution in [-0.2, 0) is 17.8 Å². The number of carbonyl (C=O) groups excluding carboxylic acids is 1. The zero-order chi connectivity index (χ0) is 14.5. The molecule has 3 aromatic heterocycles. The molecule has 7 nitrogen and oxygen atoms in total. The Labute approximate surface area is 120 Å². The molecule has 0 fully saturated rings. The molecule has 0 bridgehead atoms. The van der Waals surface area contributed by atoms with Crippen LogP contribution in [0.3, 0.4) is 0 Å². The minimum atomic E-state index is -0.157. The first-order valence-electron chi connectivity index (χ1n) is 6.43. The Kier molecular flexibility index (Phi) is 3.72. The quantitative estimate of drug-likeness (QED) is 0.736. The molecule has 7 heteroatoms. The molecule has 0 saturated carbocycles. The van der Waals surface area contributed by atoms with Gasteiger partial charge in [-0.15, -0.1) is 0 Å². The molecular formula is C14H13N5O2. The molecular weight excluding hydrogens is 270 g/mol. The molecule has 2 N–H and O–H groups in total. The molecule has 0 aliphatic heterocycles. The lowest BCUT2D eigenvalue weighted by Gasteiger charge is -2.00. The summed E-state index contributed by atoms with van der Waals surface area (Å²) in [4.78, 5) is 20.2. The number of aromatic nitrogens is 4. The fraction of sp³-hybridized carbons (Fsp3) is 0.143. The first-order chi connectivity index (χ1) is 10.3. The van der Waals surface area contributed by atoms with Gasteiger partial charge in [0.1, 0.15) is 17.3 Å². The van der Waals surface area contributed by atoms with Gasteiger partial charge >= 0.3 is 0 Å². The molecule has 3 aromatic rings. The number of nitrogens with one attached hydrogen (secondary N) is 2. The van der Waals surface area contributed by atoms with Gasteiger partial charge < -0.3 is 9.73 Å². The Bertz CT molecular complexity index is 706. The van der Waals surface area contributed by atoms with E-state index in [2.05, 4.69) is 25.5 Å². The van der Waals surface area contributed by atoms with Gasteiger partial charge in [-0.2, -0.15) is 5.10 Å². The fourth-order valence-corrected chi connectivity index (χ4v) is 1.80. The third kappa shape index (κ3) is 3.33. The highest BCUT2D eigenvalue weighted by Gasteiger charge is 2.10. The average molecular weight is 283 g/mol. The summed E-state index contributed by atoms with van der Waals surface area (Å²) in [7, 11) is 0. The number of furan rings is 1. The van der Waals surface area contributed by atoms with E-state index in [0.717, 1.165) is 0 Å². The highest BCUT2D eigenvalue weighted by Crippen LogP contribution is 2.10. The lowest BCUT2D eigenvalue weighted by Crippen LogP contribution is -2.24. The maximum absolute atomic E-state index is 11.8. The maximum atomic E-state index is 11.8. The van der Waals surface area contributed by atoms with Gasteiger partial charge in [-0.25, -0.2) is 4.98 Å². The molecule has 0 unspecified atom stereocenters. The number of hydrogen-bond acceptors (Lipinski definition) is 5. The second kappa shape index (κ2) is 6.00. The zero-order valence-corrected chi connectivity index (χ0v) is 11.1. The number of hydrogen-bond donors (Lipinski definition) is 2. The van der Waals surface area contributed by atoms with Crippen molar-refractivity contribution in [3.8, 4) is 11.5 Å². The van der Waals surface area contributed by atoms with Crippen molar-refractivity contribution in [3.63, 3.8) is 0 Å². The molecule has 0 aliphatic rings. The van der Waals surface area contributed by atoms with Gasteiger partial charge in [0.2, 0.25) is 5.91 Å². The van der Waals surface area contributed by atoms with Crippen molar-refractivity contribution in [1.29, 1.82) is 0 Å². The number of rotatable bonds is 5. The lowest BCUT2D eigenvalue weighted by molar-refractivity contribution is -0.120. The third-order valence-electron chi connectivity index (χ3n) is 2.79. The monoisotopic (exact) mass is 283 g/mol. The number of nitrogens with zero attached hydrogens (tertiary/aromatic N) is 3. The standard InChI is InChI=1S/C14H13N5O2/c20-13(16-9-10-4-3-7-21-10)8-12-17-14(19-18-12)11-5-1-2-6-15-11/h1-7H,8-9H2,(H,16,20)(H,17,18,19). The minimum absolute atomic E-state index is 0.126. The molecule has 0 spiro atoms. The number of aromatic amines is 1. The second-order valence-corrected chi connectivity index (χ2v) is 4.35. The summed E-state index contributed by atoms with van der Waals surface area (Å²) in [5.41, 5.74) is 0.663. The van der Waals surface area contributed by atoms with Crippen LogP contribution in [-0.4, -0.2) is 26.1 Å². The van der Waals surface area contributed by atoms with E-state index in [9.17, 15) is 4.79 Å². The van der Waals surface area contributed by atoms with E-state index in [1.54, 1.807) is 24.6 Å². The maximum Gasteiger partial charge on any atom is 0.228 e. The van der Waals surface area contributed by atoms with Gasteiger partial charge in [0, 0.05) is 6.20 Å². The van der Waals surface area contributed by atoms with Crippen molar-refractivity contribution < 1.29 is 9.21 Å². The Balaban J connectivity index is 1.58.